The van der Waals surface area contributed by atoms with Gasteiger partial charge in [-0.2, -0.15) is 0 Å². The van der Waals surface area contributed by atoms with Crippen molar-refractivity contribution in [3.05, 3.63) is 60.2 Å². The minimum atomic E-state index is 0.103. The van der Waals surface area contributed by atoms with Gasteiger partial charge < -0.3 is 0 Å². The molecule has 2 rings (SSSR count). The minimum Gasteiger partial charge on any atom is -0.274 e. The molecule has 92 valence electrons. The maximum absolute atomic E-state index is 11.7. The van der Waals surface area contributed by atoms with Gasteiger partial charge in [0.25, 0.3) is 0 Å². The van der Waals surface area contributed by atoms with Gasteiger partial charge in [0.2, 0.25) is 4.45 Å². The van der Waals surface area contributed by atoms with E-state index in [0.717, 1.165) is 11.4 Å². The third-order valence-electron chi connectivity index (χ3n) is 2.13. The molecule has 0 radical (unpaired) electrons. The Morgan fingerprint density at radius 2 is 1.39 bits per heavy atom. The predicted octanol–water partition coefficient (Wildman–Crippen LogP) is 3.76. The molecule has 0 aromatic carbocycles. The summed E-state index contributed by atoms with van der Waals surface area (Å²) in [4.78, 5) is 20.0. The summed E-state index contributed by atoms with van der Waals surface area (Å²) in [6, 6.07) is 11.4. The van der Waals surface area contributed by atoms with Gasteiger partial charge in [-0.15, -0.1) is 0 Å². The molecule has 0 aliphatic carbocycles. The number of aromatic nitrogens is 2. The molecular formula is C13H12N2OS2. The highest BCUT2D eigenvalue weighted by Gasteiger charge is 2.05. The molecule has 0 spiro atoms. The average Bonchev–Trinajstić information content (AvgIpc) is 2.45. The Bertz CT molecular complexity index is 445. The molecule has 0 aliphatic heterocycles. The largest absolute Gasteiger partial charge is 0.274 e. The van der Waals surface area contributed by atoms with Crippen LogP contribution in [0.1, 0.15) is 11.4 Å². The maximum Gasteiger partial charge on any atom is 0.246 e. The molecule has 2 heterocycles. The molecule has 0 amide bonds. The van der Waals surface area contributed by atoms with Gasteiger partial charge in [0.05, 0.1) is 11.4 Å². The van der Waals surface area contributed by atoms with Crippen LogP contribution in [0.25, 0.3) is 0 Å². The predicted molar refractivity (Wildman–Crippen MR) is 76.5 cm³/mol. The second-order valence-electron chi connectivity index (χ2n) is 3.47. The van der Waals surface area contributed by atoms with Gasteiger partial charge in [-0.1, -0.05) is 35.7 Å². The first-order chi connectivity index (χ1) is 8.84. The first kappa shape index (κ1) is 13.1. The minimum absolute atomic E-state index is 0.103. The molecule has 3 nitrogen and oxygen atoms in total. The Morgan fingerprint density at radius 1 is 0.889 bits per heavy atom. The van der Waals surface area contributed by atoms with Crippen molar-refractivity contribution in [1.29, 1.82) is 0 Å². The molecule has 0 atom stereocenters. The SMILES string of the molecule is O=C(SCc1ccccn1)SCc1ccccn1. The fraction of sp³-hybridized carbons (Fsp3) is 0.154. The molecule has 0 fully saturated rings. The molecule has 5 heteroatoms. The average molecular weight is 276 g/mol. The van der Waals surface area contributed by atoms with E-state index < -0.39 is 0 Å². The maximum atomic E-state index is 11.7. The molecule has 0 aliphatic rings. The Balaban J connectivity index is 1.73. The molecule has 0 bridgehead atoms. The summed E-state index contributed by atoms with van der Waals surface area (Å²) >= 11 is 2.57. The molecule has 0 saturated heterocycles. The summed E-state index contributed by atoms with van der Waals surface area (Å²) in [7, 11) is 0. The highest BCUT2D eigenvalue weighted by Crippen LogP contribution is 2.22. The second kappa shape index (κ2) is 7.18. The van der Waals surface area contributed by atoms with E-state index in [-0.39, 0.29) is 4.45 Å². The van der Waals surface area contributed by atoms with Crippen LogP contribution in [-0.2, 0) is 11.5 Å². The first-order valence-electron chi connectivity index (χ1n) is 5.44. The zero-order valence-electron chi connectivity index (χ0n) is 9.65. The molecular weight excluding hydrogens is 264 g/mol. The van der Waals surface area contributed by atoms with Crippen LogP contribution in [-0.4, -0.2) is 14.4 Å². The highest BCUT2D eigenvalue weighted by atomic mass is 32.2. The van der Waals surface area contributed by atoms with E-state index >= 15 is 0 Å². The van der Waals surface area contributed by atoms with E-state index in [1.165, 1.54) is 23.5 Å². The number of nitrogens with zero attached hydrogens (tertiary/aromatic N) is 2. The third kappa shape index (κ3) is 4.50. The number of rotatable bonds is 4. The van der Waals surface area contributed by atoms with E-state index in [1.807, 2.05) is 36.4 Å². The van der Waals surface area contributed by atoms with Crippen molar-refractivity contribution >= 4 is 28.0 Å². The van der Waals surface area contributed by atoms with Crippen LogP contribution in [0, 0.1) is 0 Å². The van der Waals surface area contributed by atoms with E-state index in [0.29, 0.717) is 11.5 Å². The van der Waals surface area contributed by atoms with Crippen LogP contribution in [0.5, 0.6) is 0 Å². The first-order valence-corrected chi connectivity index (χ1v) is 7.41. The number of hydrogen-bond donors (Lipinski definition) is 0. The van der Waals surface area contributed by atoms with Gasteiger partial charge >= 0.3 is 0 Å². The van der Waals surface area contributed by atoms with Crippen LogP contribution < -0.4 is 0 Å². The lowest BCUT2D eigenvalue weighted by atomic mass is 10.4. The van der Waals surface area contributed by atoms with Crippen molar-refractivity contribution in [1.82, 2.24) is 9.97 Å². The lowest BCUT2D eigenvalue weighted by molar-refractivity contribution is 0.276. The lowest BCUT2D eigenvalue weighted by Crippen LogP contribution is -1.90. The standard InChI is InChI=1S/C13H12N2OS2/c16-13(17-9-11-5-1-3-7-14-11)18-10-12-6-2-4-8-15-12/h1-8H,9-10H2. The zero-order valence-corrected chi connectivity index (χ0v) is 11.3. The Labute approximate surface area is 114 Å². The monoisotopic (exact) mass is 276 g/mol. The number of carbonyl (C=O) groups excluding carboxylic acids is 1. The van der Waals surface area contributed by atoms with Crippen LogP contribution in [0.2, 0.25) is 0 Å². The summed E-state index contributed by atoms with van der Waals surface area (Å²) in [6.45, 7) is 0. The molecule has 0 N–H and O–H groups in total. The normalized spacial score (nSPS) is 10.2. The van der Waals surface area contributed by atoms with Crippen LogP contribution in [0.4, 0.5) is 4.79 Å². The van der Waals surface area contributed by atoms with Crippen molar-refractivity contribution < 1.29 is 4.79 Å². The summed E-state index contributed by atoms with van der Waals surface area (Å²) in [5, 5.41) is 0. The number of carbonyl (C=O) groups is 1. The smallest absolute Gasteiger partial charge is 0.246 e. The van der Waals surface area contributed by atoms with Crippen molar-refractivity contribution in [2.75, 3.05) is 0 Å². The van der Waals surface area contributed by atoms with Crippen LogP contribution >= 0.6 is 23.5 Å². The molecule has 0 unspecified atom stereocenters. The van der Waals surface area contributed by atoms with Crippen LogP contribution in [0.3, 0.4) is 0 Å². The van der Waals surface area contributed by atoms with E-state index in [2.05, 4.69) is 9.97 Å². The van der Waals surface area contributed by atoms with E-state index in [4.69, 9.17) is 0 Å². The van der Waals surface area contributed by atoms with Gasteiger partial charge in [-0.3, -0.25) is 14.8 Å². The Kier molecular flexibility index (Phi) is 5.23. The molecule has 2 aromatic rings. The zero-order chi connectivity index (χ0) is 12.6. The van der Waals surface area contributed by atoms with Gasteiger partial charge in [0.1, 0.15) is 0 Å². The molecule has 0 saturated carbocycles. The summed E-state index contributed by atoms with van der Waals surface area (Å²) in [5.41, 5.74) is 1.85. The van der Waals surface area contributed by atoms with Gasteiger partial charge in [-0.25, -0.2) is 0 Å². The van der Waals surface area contributed by atoms with E-state index in [9.17, 15) is 4.79 Å². The van der Waals surface area contributed by atoms with E-state index in [1.54, 1.807) is 12.4 Å². The van der Waals surface area contributed by atoms with Crippen molar-refractivity contribution in [2.24, 2.45) is 0 Å². The molecule has 2 aromatic heterocycles. The van der Waals surface area contributed by atoms with Gasteiger partial charge in [-0.05, 0) is 24.3 Å². The summed E-state index contributed by atoms with van der Waals surface area (Å²) < 4.78 is 0.103. The van der Waals surface area contributed by atoms with Crippen molar-refractivity contribution in [2.45, 2.75) is 11.5 Å². The Morgan fingerprint density at radius 3 is 1.78 bits per heavy atom. The fourth-order valence-corrected chi connectivity index (χ4v) is 2.83. The van der Waals surface area contributed by atoms with Gasteiger partial charge in [0, 0.05) is 23.9 Å². The highest BCUT2D eigenvalue weighted by molar-refractivity contribution is 8.37. The summed E-state index contributed by atoms with van der Waals surface area (Å²) in [6.07, 6.45) is 3.48. The quantitative estimate of drug-likeness (QED) is 0.850. The number of pyridine rings is 2. The second-order valence-corrected chi connectivity index (χ2v) is 5.62. The lowest BCUT2D eigenvalue weighted by Gasteiger charge is -2.00. The fourth-order valence-electron chi connectivity index (χ4n) is 1.27. The Hall–Kier alpha value is -1.33. The number of thioether (sulfide) groups is 2. The van der Waals surface area contributed by atoms with Crippen molar-refractivity contribution in [3.63, 3.8) is 0 Å². The number of hydrogen-bond acceptors (Lipinski definition) is 5. The summed E-state index contributed by atoms with van der Waals surface area (Å²) in [5.74, 6) is 1.24. The van der Waals surface area contributed by atoms with Crippen LogP contribution in [0.15, 0.2) is 48.8 Å². The third-order valence-corrected chi connectivity index (χ3v) is 4.19. The molecule has 18 heavy (non-hydrogen) atoms. The topological polar surface area (TPSA) is 42.9 Å². The van der Waals surface area contributed by atoms with Crippen molar-refractivity contribution in [3.8, 4) is 0 Å². The van der Waals surface area contributed by atoms with Gasteiger partial charge in [0.15, 0.2) is 0 Å².